The number of epoxide rings is 1. The molecule has 4 heteroatoms. The smallest absolute Gasteiger partial charge is 0.197 e. The van der Waals surface area contributed by atoms with Gasteiger partial charge in [-0.15, -0.1) is 0 Å². The van der Waals surface area contributed by atoms with Crippen molar-refractivity contribution in [3.8, 4) is 0 Å². The molecule has 0 aromatic heterocycles. The molecule has 3 rings (SSSR count). The van der Waals surface area contributed by atoms with Crippen LogP contribution in [-0.4, -0.2) is 44.4 Å². The molecule has 14 heavy (non-hydrogen) atoms. The van der Waals surface area contributed by atoms with E-state index in [1.807, 2.05) is 0 Å². The van der Waals surface area contributed by atoms with E-state index in [2.05, 4.69) is 0 Å². The summed E-state index contributed by atoms with van der Waals surface area (Å²) in [4.78, 5) is 0. The maximum atomic E-state index is 5.79. The molecule has 4 nitrogen and oxygen atoms in total. The first-order valence-electron chi connectivity index (χ1n) is 5.32. The number of methoxy groups -OCH3 is 1. The van der Waals surface area contributed by atoms with Crippen molar-refractivity contribution < 1.29 is 18.9 Å². The Bertz CT molecular complexity index is 224. The fourth-order valence-electron chi connectivity index (χ4n) is 2.55. The fourth-order valence-corrected chi connectivity index (χ4v) is 2.55. The van der Waals surface area contributed by atoms with Crippen LogP contribution < -0.4 is 0 Å². The van der Waals surface area contributed by atoms with Gasteiger partial charge in [-0.3, -0.25) is 0 Å². The van der Waals surface area contributed by atoms with E-state index >= 15 is 0 Å². The predicted octanol–water partition coefficient (Wildman–Crippen LogP) is 0.696. The van der Waals surface area contributed by atoms with Gasteiger partial charge in [0.05, 0.1) is 13.2 Å². The van der Waals surface area contributed by atoms with E-state index in [0.29, 0.717) is 6.61 Å². The highest BCUT2D eigenvalue weighted by molar-refractivity contribution is 5.03. The molecular formula is C10H16O4. The summed E-state index contributed by atoms with van der Waals surface area (Å²) < 4.78 is 22.5. The molecule has 0 aromatic rings. The highest BCUT2D eigenvalue weighted by Crippen LogP contribution is 2.44. The van der Waals surface area contributed by atoms with E-state index in [4.69, 9.17) is 18.9 Å². The molecule has 0 amide bonds. The molecule has 3 aliphatic heterocycles. The summed E-state index contributed by atoms with van der Waals surface area (Å²) in [6.07, 6.45) is 3.61. The van der Waals surface area contributed by atoms with Gasteiger partial charge < -0.3 is 18.9 Å². The van der Waals surface area contributed by atoms with Crippen molar-refractivity contribution in [2.24, 2.45) is 0 Å². The van der Waals surface area contributed by atoms with Crippen molar-refractivity contribution in [3.63, 3.8) is 0 Å². The van der Waals surface area contributed by atoms with E-state index in [1.54, 1.807) is 7.11 Å². The summed E-state index contributed by atoms with van der Waals surface area (Å²) in [6, 6.07) is 0. The molecule has 80 valence electrons. The third kappa shape index (κ3) is 1.21. The lowest BCUT2D eigenvalue weighted by molar-refractivity contribution is -0.312. The lowest BCUT2D eigenvalue weighted by Crippen LogP contribution is -2.56. The topological polar surface area (TPSA) is 40.2 Å². The highest BCUT2D eigenvalue weighted by Gasteiger charge is 2.61. The van der Waals surface area contributed by atoms with Gasteiger partial charge in [0.1, 0.15) is 18.3 Å². The number of fused-ring (bicyclic) bond motifs is 1. The maximum Gasteiger partial charge on any atom is 0.197 e. The Hall–Kier alpha value is -0.160. The van der Waals surface area contributed by atoms with Crippen LogP contribution in [0.3, 0.4) is 0 Å². The van der Waals surface area contributed by atoms with Gasteiger partial charge in [0.25, 0.3) is 0 Å². The zero-order valence-corrected chi connectivity index (χ0v) is 8.40. The van der Waals surface area contributed by atoms with Crippen LogP contribution in [0.15, 0.2) is 0 Å². The fraction of sp³-hybridized carbons (Fsp3) is 1.00. The Morgan fingerprint density at radius 1 is 1.29 bits per heavy atom. The number of hydrogen-bond donors (Lipinski definition) is 0. The summed E-state index contributed by atoms with van der Waals surface area (Å²) >= 11 is 0. The minimum Gasteiger partial charge on any atom is -0.373 e. The van der Waals surface area contributed by atoms with E-state index < -0.39 is 5.79 Å². The van der Waals surface area contributed by atoms with E-state index in [0.717, 1.165) is 25.9 Å². The Morgan fingerprint density at radius 3 is 2.93 bits per heavy atom. The van der Waals surface area contributed by atoms with E-state index in [-0.39, 0.29) is 18.3 Å². The Labute approximate surface area is 83.5 Å². The molecule has 0 unspecified atom stereocenters. The first-order chi connectivity index (χ1) is 6.86. The zero-order chi connectivity index (χ0) is 9.60. The number of rotatable bonds is 1. The van der Waals surface area contributed by atoms with Gasteiger partial charge in [0.15, 0.2) is 5.79 Å². The van der Waals surface area contributed by atoms with Gasteiger partial charge in [0, 0.05) is 13.5 Å². The molecule has 3 saturated heterocycles. The molecule has 0 radical (unpaired) electrons. The number of ether oxygens (including phenoxy) is 4. The Morgan fingerprint density at radius 2 is 2.21 bits per heavy atom. The predicted molar refractivity (Wildman–Crippen MR) is 47.9 cm³/mol. The molecule has 0 aromatic carbocycles. The van der Waals surface area contributed by atoms with Gasteiger partial charge >= 0.3 is 0 Å². The van der Waals surface area contributed by atoms with Crippen molar-refractivity contribution in [1.29, 1.82) is 0 Å². The summed E-state index contributed by atoms with van der Waals surface area (Å²) in [6.45, 7) is 1.43. The van der Waals surface area contributed by atoms with Crippen molar-refractivity contribution in [3.05, 3.63) is 0 Å². The Balaban J connectivity index is 1.80. The second kappa shape index (κ2) is 3.17. The van der Waals surface area contributed by atoms with Gasteiger partial charge in [-0.05, 0) is 12.8 Å². The summed E-state index contributed by atoms with van der Waals surface area (Å²) in [5.41, 5.74) is 0. The maximum absolute atomic E-state index is 5.79. The lowest BCUT2D eigenvalue weighted by atomic mass is 9.94. The van der Waals surface area contributed by atoms with Gasteiger partial charge in [0.2, 0.25) is 0 Å². The standard InChI is InChI=1S/C10H16O4/c1-11-9-8-7(14-8)6-13-10(9)4-2-3-5-12-10/h7-9H,2-6H2,1H3/t7-,8-,9-,10-/m1/s1. The molecule has 0 aliphatic carbocycles. The van der Waals surface area contributed by atoms with Crippen LogP contribution >= 0.6 is 0 Å². The van der Waals surface area contributed by atoms with Crippen LogP contribution in [-0.2, 0) is 18.9 Å². The molecule has 3 fully saturated rings. The first kappa shape index (κ1) is 9.09. The molecule has 4 atom stereocenters. The third-order valence-corrected chi connectivity index (χ3v) is 3.37. The summed E-state index contributed by atoms with van der Waals surface area (Å²) in [7, 11) is 1.71. The lowest BCUT2D eigenvalue weighted by Gasteiger charge is -2.43. The Kier molecular flexibility index (Phi) is 2.06. The van der Waals surface area contributed by atoms with Gasteiger partial charge in [-0.1, -0.05) is 0 Å². The average Bonchev–Trinajstić information content (AvgIpc) is 2.98. The van der Waals surface area contributed by atoms with Crippen LogP contribution in [0.25, 0.3) is 0 Å². The second-order valence-corrected chi connectivity index (χ2v) is 4.22. The van der Waals surface area contributed by atoms with E-state index in [1.165, 1.54) is 0 Å². The normalized spacial score (nSPS) is 51.6. The third-order valence-electron chi connectivity index (χ3n) is 3.37. The molecule has 1 spiro atoms. The minimum absolute atomic E-state index is 0.0402. The molecule has 3 aliphatic rings. The van der Waals surface area contributed by atoms with Gasteiger partial charge in [-0.25, -0.2) is 0 Å². The highest BCUT2D eigenvalue weighted by atomic mass is 16.8. The van der Waals surface area contributed by atoms with Crippen LogP contribution in [0.5, 0.6) is 0 Å². The zero-order valence-electron chi connectivity index (χ0n) is 8.40. The van der Waals surface area contributed by atoms with Crippen molar-refractivity contribution in [2.75, 3.05) is 20.3 Å². The van der Waals surface area contributed by atoms with Crippen molar-refractivity contribution >= 4 is 0 Å². The van der Waals surface area contributed by atoms with E-state index in [9.17, 15) is 0 Å². The van der Waals surface area contributed by atoms with Gasteiger partial charge in [-0.2, -0.15) is 0 Å². The van der Waals surface area contributed by atoms with Crippen LogP contribution in [0.2, 0.25) is 0 Å². The molecule has 0 saturated carbocycles. The average molecular weight is 200 g/mol. The molecule has 3 heterocycles. The molecular weight excluding hydrogens is 184 g/mol. The second-order valence-electron chi connectivity index (χ2n) is 4.22. The van der Waals surface area contributed by atoms with Crippen molar-refractivity contribution in [1.82, 2.24) is 0 Å². The summed E-state index contributed by atoms with van der Waals surface area (Å²) in [5, 5.41) is 0. The summed E-state index contributed by atoms with van der Waals surface area (Å²) in [5.74, 6) is -0.509. The number of hydrogen-bond acceptors (Lipinski definition) is 4. The van der Waals surface area contributed by atoms with Crippen LogP contribution in [0.4, 0.5) is 0 Å². The molecule has 0 N–H and O–H groups in total. The minimum atomic E-state index is -0.509. The van der Waals surface area contributed by atoms with Crippen molar-refractivity contribution in [2.45, 2.75) is 43.4 Å². The quantitative estimate of drug-likeness (QED) is 0.584. The molecule has 0 bridgehead atoms. The first-order valence-corrected chi connectivity index (χ1v) is 5.32. The largest absolute Gasteiger partial charge is 0.373 e. The van der Waals surface area contributed by atoms with Crippen LogP contribution in [0.1, 0.15) is 19.3 Å². The van der Waals surface area contributed by atoms with Crippen LogP contribution in [0, 0.1) is 0 Å². The monoisotopic (exact) mass is 200 g/mol. The SMILES string of the molecule is CO[C@@H]1[C@@H]2O[C@@H]2CO[C@]12CCCCO2.